The molecule has 4 bridgehead atoms. The van der Waals surface area contributed by atoms with Gasteiger partial charge in [0.1, 0.15) is 43.5 Å². The molecule has 190 valence electrons. The number of quaternary nitrogens is 1. The molecule has 8 rings (SSSR count). The van der Waals surface area contributed by atoms with Gasteiger partial charge in [0.25, 0.3) is 5.91 Å². The van der Waals surface area contributed by atoms with Crippen molar-refractivity contribution in [1.29, 1.82) is 0 Å². The second kappa shape index (κ2) is 8.63. The summed E-state index contributed by atoms with van der Waals surface area (Å²) in [6.45, 7) is 5.59. The van der Waals surface area contributed by atoms with Crippen LogP contribution in [-0.4, -0.2) is 58.5 Å². The predicted octanol–water partition coefficient (Wildman–Crippen LogP) is 1.66. The SMILES string of the molecule is O=C(Nc1[nH]c2ccccc2[n+]1CC[NH+]1CCOCC1)C12CC3CC(C1)CC(n1cnc(Br)n1)(C3)C2. The first-order chi connectivity index (χ1) is 17.5. The number of hydrogen-bond donors (Lipinski definition) is 3. The molecule has 3 heterocycles. The van der Waals surface area contributed by atoms with Crippen molar-refractivity contribution in [3.05, 3.63) is 35.3 Å². The van der Waals surface area contributed by atoms with Gasteiger partial charge in [-0.05, 0) is 78.4 Å². The molecule has 3 N–H and O–H groups in total. The summed E-state index contributed by atoms with van der Waals surface area (Å²) in [5.41, 5.74) is 1.73. The number of nitrogens with zero attached hydrogens (tertiary/aromatic N) is 4. The molecule has 2 unspecified atom stereocenters. The Hall–Kier alpha value is -2.30. The number of H-pyrrole nitrogens is 1. The van der Waals surface area contributed by atoms with Crippen LogP contribution in [-0.2, 0) is 21.6 Å². The largest absolute Gasteiger partial charge is 0.370 e. The minimum atomic E-state index is -0.354. The lowest BCUT2D eigenvalue weighted by Crippen LogP contribution is -3.14. The van der Waals surface area contributed by atoms with Crippen LogP contribution in [0.2, 0.25) is 0 Å². The number of hydrogen-bond acceptors (Lipinski definition) is 4. The average molecular weight is 557 g/mol. The number of rotatable bonds is 6. The third kappa shape index (κ3) is 3.80. The number of carbonyl (C=O) groups excluding carboxylic acids is 1. The van der Waals surface area contributed by atoms with E-state index in [0.717, 1.165) is 88.5 Å². The number of para-hydroxylation sites is 2. The van der Waals surface area contributed by atoms with Crippen molar-refractivity contribution in [2.24, 2.45) is 17.3 Å². The summed E-state index contributed by atoms with van der Waals surface area (Å²) in [6.07, 6.45) is 8.08. The van der Waals surface area contributed by atoms with Crippen molar-refractivity contribution in [3.8, 4) is 0 Å². The van der Waals surface area contributed by atoms with Gasteiger partial charge >= 0.3 is 5.95 Å². The highest BCUT2D eigenvalue weighted by Gasteiger charge is 2.62. The molecule has 0 spiro atoms. The third-order valence-electron chi connectivity index (χ3n) is 9.30. The van der Waals surface area contributed by atoms with Crippen LogP contribution >= 0.6 is 15.9 Å². The third-order valence-corrected chi connectivity index (χ3v) is 9.66. The zero-order valence-electron chi connectivity index (χ0n) is 20.5. The molecule has 2 atom stereocenters. The normalized spacial score (nSPS) is 31.8. The van der Waals surface area contributed by atoms with E-state index in [1.165, 1.54) is 6.42 Å². The number of fused-ring (bicyclic) bond motifs is 1. The van der Waals surface area contributed by atoms with E-state index in [1.807, 2.05) is 12.4 Å². The van der Waals surface area contributed by atoms with Crippen LogP contribution in [0.1, 0.15) is 38.5 Å². The Morgan fingerprint density at radius 3 is 2.75 bits per heavy atom. The van der Waals surface area contributed by atoms with Crippen LogP contribution in [0.3, 0.4) is 0 Å². The fraction of sp³-hybridized carbons (Fsp3) is 0.615. The number of carbonyl (C=O) groups is 1. The Bertz CT molecular complexity index is 1280. The monoisotopic (exact) mass is 555 g/mol. The number of morpholine rings is 1. The Morgan fingerprint density at radius 2 is 2.00 bits per heavy atom. The van der Waals surface area contributed by atoms with Crippen molar-refractivity contribution in [2.45, 2.75) is 50.6 Å². The average Bonchev–Trinajstić information content (AvgIpc) is 3.46. The second-order valence-corrected chi connectivity index (χ2v) is 12.3. The topological polar surface area (TPSA) is 93.2 Å². The maximum absolute atomic E-state index is 14.2. The lowest BCUT2D eigenvalue weighted by atomic mass is 9.46. The van der Waals surface area contributed by atoms with Crippen LogP contribution in [0.4, 0.5) is 5.95 Å². The maximum atomic E-state index is 14.2. The molecule has 3 aromatic rings. The molecule has 1 amide bonds. The highest BCUT2D eigenvalue weighted by molar-refractivity contribution is 9.10. The van der Waals surface area contributed by atoms with E-state index in [1.54, 1.807) is 4.90 Å². The fourth-order valence-electron chi connectivity index (χ4n) is 8.10. The summed E-state index contributed by atoms with van der Waals surface area (Å²) >= 11 is 3.43. The number of nitrogens with one attached hydrogen (secondary N) is 3. The van der Waals surface area contributed by atoms with Crippen LogP contribution in [0.25, 0.3) is 11.0 Å². The molecule has 9 nitrogen and oxygen atoms in total. The molecular weight excluding hydrogens is 522 g/mol. The number of aromatic amines is 1. The molecule has 2 aromatic heterocycles. The molecule has 1 aliphatic heterocycles. The van der Waals surface area contributed by atoms with Gasteiger partial charge in [-0.1, -0.05) is 12.1 Å². The summed E-state index contributed by atoms with van der Waals surface area (Å²) in [4.78, 5) is 23.6. The Kier molecular flexibility index (Phi) is 5.48. The van der Waals surface area contributed by atoms with E-state index in [-0.39, 0.29) is 16.9 Å². The Labute approximate surface area is 218 Å². The number of benzene rings is 1. The molecule has 5 aliphatic rings. The van der Waals surface area contributed by atoms with Gasteiger partial charge in [0.2, 0.25) is 4.73 Å². The van der Waals surface area contributed by atoms with Crippen molar-refractivity contribution in [1.82, 2.24) is 19.7 Å². The minimum Gasteiger partial charge on any atom is -0.370 e. The number of halogens is 1. The summed E-state index contributed by atoms with van der Waals surface area (Å²) in [6, 6.07) is 8.34. The number of aromatic nitrogens is 5. The zero-order valence-corrected chi connectivity index (χ0v) is 22.1. The molecule has 5 fully saturated rings. The molecule has 4 aliphatic carbocycles. The highest BCUT2D eigenvalue weighted by atomic mass is 79.9. The van der Waals surface area contributed by atoms with Gasteiger partial charge in [-0.2, -0.15) is 0 Å². The van der Waals surface area contributed by atoms with E-state index >= 15 is 0 Å². The number of ether oxygens (including phenoxy) is 1. The standard InChI is InChI=1S/C26H32BrN7O2/c27-23-28-17-34(31-23)26-14-18-11-19(15-26)13-25(12-18,16-26)22(35)30-24-29-20-3-1-2-4-21(20)33(24)6-5-32-7-9-36-10-8-32/h1-4,17-19H,5-16H2,(H,29,30,35)/p+2. The second-order valence-electron chi connectivity index (χ2n) is 11.6. The van der Waals surface area contributed by atoms with Gasteiger partial charge in [0, 0.05) is 0 Å². The first-order valence-electron chi connectivity index (χ1n) is 13.3. The molecular formula is C26H34BrN7O2+2. The van der Waals surface area contributed by atoms with E-state index in [9.17, 15) is 4.79 Å². The van der Waals surface area contributed by atoms with Crippen LogP contribution in [0.5, 0.6) is 0 Å². The van der Waals surface area contributed by atoms with E-state index in [4.69, 9.17) is 4.74 Å². The van der Waals surface area contributed by atoms with Gasteiger partial charge in [-0.25, -0.2) is 24.5 Å². The van der Waals surface area contributed by atoms with Gasteiger partial charge in [0.05, 0.1) is 24.2 Å². The van der Waals surface area contributed by atoms with Crippen molar-refractivity contribution >= 4 is 38.8 Å². The minimum absolute atomic E-state index is 0.101. The van der Waals surface area contributed by atoms with E-state index in [0.29, 0.717) is 16.6 Å². The molecule has 1 saturated heterocycles. The zero-order chi connectivity index (χ0) is 24.3. The number of amides is 1. The summed E-state index contributed by atoms with van der Waals surface area (Å²) in [5.74, 6) is 2.11. The van der Waals surface area contributed by atoms with Crippen molar-refractivity contribution < 1.29 is 19.0 Å². The number of imidazole rings is 1. The molecule has 10 heteroatoms. The fourth-order valence-corrected chi connectivity index (χ4v) is 8.36. The summed E-state index contributed by atoms with van der Waals surface area (Å²) < 4.78 is 10.5. The maximum Gasteiger partial charge on any atom is 0.363 e. The van der Waals surface area contributed by atoms with Gasteiger partial charge in [-0.3, -0.25) is 4.79 Å². The van der Waals surface area contributed by atoms with Gasteiger partial charge in [-0.15, -0.1) is 5.10 Å². The molecule has 1 aromatic carbocycles. The van der Waals surface area contributed by atoms with Gasteiger partial charge < -0.3 is 9.64 Å². The Morgan fingerprint density at radius 1 is 1.22 bits per heavy atom. The highest BCUT2D eigenvalue weighted by Crippen LogP contribution is 2.64. The first kappa shape index (κ1) is 22.9. The summed E-state index contributed by atoms with van der Waals surface area (Å²) in [5, 5.41) is 8.05. The molecule has 4 saturated carbocycles. The van der Waals surface area contributed by atoms with Crippen molar-refractivity contribution in [2.75, 3.05) is 38.2 Å². The molecule has 36 heavy (non-hydrogen) atoms. The van der Waals surface area contributed by atoms with E-state index < -0.39 is 0 Å². The smallest absolute Gasteiger partial charge is 0.363 e. The molecule has 0 radical (unpaired) electrons. The van der Waals surface area contributed by atoms with Crippen LogP contribution in [0, 0.1) is 17.3 Å². The first-order valence-corrected chi connectivity index (χ1v) is 14.1. The Balaban J connectivity index is 1.18. The van der Waals surface area contributed by atoms with Gasteiger partial charge in [0.15, 0.2) is 0 Å². The lowest BCUT2D eigenvalue weighted by molar-refractivity contribution is -0.923. The van der Waals surface area contributed by atoms with Crippen LogP contribution < -0.4 is 14.8 Å². The van der Waals surface area contributed by atoms with Crippen molar-refractivity contribution in [3.63, 3.8) is 0 Å². The lowest BCUT2D eigenvalue weighted by Gasteiger charge is -2.60. The quantitative estimate of drug-likeness (QED) is 0.403. The van der Waals surface area contributed by atoms with Crippen LogP contribution in [0.15, 0.2) is 35.3 Å². The van der Waals surface area contributed by atoms with E-state index in [2.05, 4.69) is 63.8 Å². The predicted molar refractivity (Wildman–Crippen MR) is 136 cm³/mol. The summed E-state index contributed by atoms with van der Waals surface area (Å²) in [7, 11) is 0. The number of anilines is 1.